The Morgan fingerprint density at radius 3 is 2.94 bits per heavy atom. The minimum absolute atomic E-state index is 0.275. The van der Waals surface area contributed by atoms with Crippen LogP contribution in [0.25, 0.3) is 23.2 Å². The molecule has 2 aromatic heterocycles. The van der Waals surface area contributed by atoms with Gasteiger partial charge in [0.05, 0.1) is 36.5 Å². The highest BCUT2D eigenvalue weighted by atomic mass is 19.3. The van der Waals surface area contributed by atoms with Crippen LogP contribution in [0.2, 0.25) is 0 Å². The van der Waals surface area contributed by atoms with E-state index in [1.165, 1.54) is 18.5 Å². The van der Waals surface area contributed by atoms with Gasteiger partial charge in [-0.05, 0) is 23.8 Å². The number of halogens is 2. The summed E-state index contributed by atoms with van der Waals surface area (Å²) >= 11 is 0. The van der Waals surface area contributed by atoms with E-state index in [0.29, 0.717) is 5.56 Å². The smallest absolute Gasteiger partial charge is 0.268 e. The molecule has 1 unspecified atom stereocenters. The van der Waals surface area contributed by atoms with E-state index >= 15 is 0 Å². The van der Waals surface area contributed by atoms with E-state index < -0.39 is 43.3 Å². The highest BCUT2D eigenvalue weighted by Crippen LogP contribution is 2.31. The van der Waals surface area contributed by atoms with Gasteiger partial charge in [-0.15, -0.1) is 0 Å². The Kier molecular flexibility index (Phi) is 5.87. The lowest BCUT2D eigenvalue weighted by molar-refractivity contribution is -0.131. The van der Waals surface area contributed by atoms with E-state index in [2.05, 4.69) is 15.3 Å². The van der Waals surface area contributed by atoms with Gasteiger partial charge in [-0.25, -0.2) is 13.8 Å². The van der Waals surface area contributed by atoms with Crippen LogP contribution in [0.1, 0.15) is 27.9 Å². The fraction of sp³-hybridized carbons (Fsp3) is 0.261. The number of pyridine rings is 1. The number of hydrogen-bond acceptors (Lipinski definition) is 5. The van der Waals surface area contributed by atoms with Crippen LogP contribution in [-0.4, -0.2) is 56.3 Å². The average Bonchev–Trinajstić information content (AvgIpc) is 3.34. The summed E-state index contributed by atoms with van der Waals surface area (Å²) in [5.74, 6) is -4.39. The number of fused-ring (bicyclic) bond motifs is 1. The van der Waals surface area contributed by atoms with Crippen molar-refractivity contribution in [3.63, 3.8) is 0 Å². The molecule has 8 nitrogen and oxygen atoms in total. The van der Waals surface area contributed by atoms with Crippen molar-refractivity contribution in [3.8, 4) is 6.07 Å². The van der Waals surface area contributed by atoms with Crippen LogP contribution in [0.5, 0.6) is 0 Å². The van der Waals surface area contributed by atoms with Crippen molar-refractivity contribution >= 4 is 35.0 Å². The third-order valence-corrected chi connectivity index (χ3v) is 5.44. The summed E-state index contributed by atoms with van der Waals surface area (Å²) in [6.45, 7) is -1.32. The minimum Gasteiger partial charge on any atom is -0.343 e. The van der Waals surface area contributed by atoms with E-state index in [1.54, 1.807) is 18.5 Å². The summed E-state index contributed by atoms with van der Waals surface area (Å²) < 4.78 is 29.1. The lowest BCUT2D eigenvalue weighted by Crippen LogP contribution is -2.43. The molecular weight excluding hydrogens is 430 g/mol. The lowest BCUT2D eigenvalue weighted by atomic mass is 10.1. The fourth-order valence-electron chi connectivity index (χ4n) is 3.74. The van der Waals surface area contributed by atoms with Gasteiger partial charge in [0.25, 0.3) is 11.8 Å². The van der Waals surface area contributed by atoms with Gasteiger partial charge < -0.3 is 14.8 Å². The zero-order valence-electron chi connectivity index (χ0n) is 17.7. The fourth-order valence-corrected chi connectivity index (χ4v) is 3.74. The Balaban J connectivity index is 1.45. The molecule has 4 rings (SSSR count). The monoisotopic (exact) mass is 450 g/mol. The molecule has 0 saturated carbocycles. The number of benzene rings is 1. The Hall–Kier alpha value is -4.13. The van der Waals surface area contributed by atoms with Gasteiger partial charge >= 0.3 is 0 Å². The van der Waals surface area contributed by atoms with Gasteiger partial charge in [0.2, 0.25) is 5.91 Å². The molecule has 3 heterocycles. The first-order valence-electron chi connectivity index (χ1n) is 10.2. The molecule has 3 aromatic rings. The van der Waals surface area contributed by atoms with Crippen molar-refractivity contribution in [2.75, 3.05) is 13.1 Å². The number of nitrogens with one attached hydrogen (secondary N) is 1. The van der Waals surface area contributed by atoms with Crippen LogP contribution in [-0.2, 0) is 11.8 Å². The number of nitrogens with zero attached hydrogens (tertiary/aromatic N) is 5. The number of hydrogen-bond donors (Lipinski definition) is 1. The molecule has 0 radical (unpaired) electrons. The predicted molar refractivity (Wildman–Crippen MR) is 117 cm³/mol. The Morgan fingerprint density at radius 1 is 1.33 bits per heavy atom. The van der Waals surface area contributed by atoms with Crippen LogP contribution >= 0.6 is 0 Å². The van der Waals surface area contributed by atoms with Gasteiger partial charge in [0, 0.05) is 37.0 Å². The molecule has 1 fully saturated rings. The van der Waals surface area contributed by atoms with Gasteiger partial charge in [-0.1, -0.05) is 18.2 Å². The number of carbonyl (C=O) groups is 2. The Morgan fingerprint density at radius 2 is 2.15 bits per heavy atom. The molecular formula is C23H20F2N6O2. The van der Waals surface area contributed by atoms with Crippen LogP contribution in [0.15, 0.2) is 43.0 Å². The van der Waals surface area contributed by atoms with E-state index in [0.717, 1.165) is 21.5 Å². The quantitative estimate of drug-likeness (QED) is 0.644. The molecule has 1 atom stereocenters. The topological polar surface area (TPSA) is 104 Å². The number of alkyl halides is 2. The molecule has 10 heteroatoms. The van der Waals surface area contributed by atoms with E-state index in [-0.39, 0.29) is 5.56 Å². The maximum absolute atomic E-state index is 13.6. The number of aromatic nitrogens is 3. The average molecular weight is 450 g/mol. The molecule has 33 heavy (non-hydrogen) atoms. The highest BCUT2D eigenvalue weighted by molar-refractivity contribution is 6.00. The molecule has 2 amide bonds. The summed E-state index contributed by atoms with van der Waals surface area (Å²) in [6, 6.07) is 7.79. The van der Waals surface area contributed by atoms with E-state index in [9.17, 15) is 18.4 Å². The number of rotatable bonds is 5. The SMILES string of the molecule is Cn1cnc2cc(/C=C/c3cnccc3C(=O)NCC(=O)N3CC(F)(F)CC3C#N)ccc21. The molecule has 1 N–H and O–H groups in total. The van der Waals surface area contributed by atoms with Crippen LogP contribution in [0.3, 0.4) is 0 Å². The largest absolute Gasteiger partial charge is 0.343 e. The first-order chi connectivity index (χ1) is 15.8. The molecule has 0 aliphatic carbocycles. The summed E-state index contributed by atoms with van der Waals surface area (Å²) in [7, 11) is 1.91. The van der Waals surface area contributed by atoms with Gasteiger partial charge in [0.15, 0.2) is 0 Å². The molecule has 1 aliphatic rings. The first-order valence-corrected chi connectivity index (χ1v) is 10.2. The third-order valence-electron chi connectivity index (χ3n) is 5.44. The second kappa shape index (κ2) is 8.78. The highest BCUT2D eigenvalue weighted by Gasteiger charge is 2.47. The molecule has 0 spiro atoms. The van der Waals surface area contributed by atoms with Gasteiger partial charge in [-0.2, -0.15) is 5.26 Å². The number of nitriles is 1. The van der Waals surface area contributed by atoms with E-state index in [1.807, 2.05) is 35.9 Å². The van der Waals surface area contributed by atoms with Crippen molar-refractivity contribution in [1.29, 1.82) is 5.26 Å². The number of carbonyl (C=O) groups excluding carboxylic acids is 2. The van der Waals surface area contributed by atoms with Crippen molar-refractivity contribution in [1.82, 2.24) is 24.8 Å². The standard InChI is InChI=1S/C23H20F2N6O2/c1-30-14-29-19-8-15(3-5-20(19)30)2-4-16-11-27-7-6-18(16)22(33)28-12-21(32)31-13-23(24,25)9-17(31)10-26/h2-8,11,14,17H,9,12-13H2,1H3,(H,28,33)/b4-2+. The van der Waals surface area contributed by atoms with Gasteiger partial charge in [-0.3, -0.25) is 14.6 Å². The molecule has 1 saturated heterocycles. The normalized spacial score (nSPS) is 17.4. The van der Waals surface area contributed by atoms with Crippen molar-refractivity contribution < 1.29 is 18.4 Å². The Bertz CT molecular complexity index is 1290. The first kappa shape index (κ1) is 22.1. The maximum atomic E-state index is 13.6. The second-order valence-electron chi connectivity index (χ2n) is 7.81. The zero-order valence-corrected chi connectivity index (χ0v) is 17.7. The number of aryl methyl sites for hydroxylation is 1. The van der Waals surface area contributed by atoms with Crippen LogP contribution < -0.4 is 5.32 Å². The molecule has 168 valence electrons. The number of likely N-dealkylation sites (tertiary alicyclic amines) is 1. The lowest BCUT2D eigenvalue weighted by Gasteiger charge is -2.19. The molecule has 0 bridgehead atoms. The second-order valence-corrected chi connectivity index (χ2v) is 7.81. The zero-order chi connectivity index (χ0) is 23.6. The van der Waals surface area contributed by atoms with Crippen molar-refractivity contribution in [2.45, 2.75) is 18.4 Å². The predicted octanol–water partition coefficient (Wildman–Crippen LogP) is 2.63. The summed E-state index contributed by atoms with van der Waals surface area (Å²) in [5.41, 5.74) is 3.50. The third kappa shape index (κ3) is 4.72. The summed E-state index contributed by atoms with van der Waals surface area (Å²) in [4.78, 5) is 34.2. The molecule has 1 aliphatic heterocycles. The van der Waals surface area contributed by atoms with Crippen molar-refractivity contribution in [3.05, 3.63) is 59.7 Å². The minimum atomic E-state index is -3.11. The molecule has 1 aromatic carbocycles. The number of imidazole rings is 1. The maximum Gasteiger partial charge on any atom is 0.268 e. The van der Waals surface area contributed by atoms with E-state index in [4.69, 9.17) is 5.26 Å². The van der Waals surface area contributed by atoms with Crippen LogP contribution in [0, 0.1) is 11.3 Å². The van der Waals surface area contributed by atoms with Crippen molar-refractivity contribution in [2.24, 2.45) is 7.05 Å². The Labute approximate surface area is 188 Å². The summed E-state index contributed by atoms with van der Waals surface area (Å²) in [5, 5.41) is 11.5. The summed E-state index contributed by atoms with van der Waals surface area (Å²) in [6.07, 6.45) is 7.52. The van der Waals surface area contributed by atoms with Crippen LogP contribution in [0.4, 0.5) is 8.78 Å². The number of amides is 2. The van der Waals surface area contributed by atoms with Gasteiger partial charge in [0.1, 0.15) is 6.04 Å².